The van der Waals surface area contributed by atoms with Crippen LogP contribution in [-0.4, -0.2) is 32.2 Å². The van der Waals surface area contributed by atoms with Crippen molar-refractivity contribution >= 4 is 22.5 Å². The summed E-state index contributed by atoms with van der Waals surface area (Å²) in [5, 5.41) is 3.51. The van der Waals surface area contributed by atoms with Crippen molar-refractivity contribution in [3.63, 3.8) is 0 Å². The maximum Gasteiger partial charge on any atom is 0.256 e. The van der Waals surface area contributed by atoms with Gasteiger partial charge in [0.05, 0.1) is 38.1 Å². The van der Waals surface area contributed by atoms with E-state index in [4.69, 9.17) is 19.2 Å². The number of carbonyl (C=O) groups excluding carboxylic acids is 1. The van der Waals surface area contributed by atoms with E-state index in [1.165, 1.54) is 33.5 Å². The molecule has 0 bridgehead atoms. The third kappa shape index (κ3) is 4.30. The van der Waals surface area contributed by atoms with E-state index >= 15 is 0 Å². The predicted molar refractivity (Wildman–Crippen MR) is 126 cm³/mol. The number of nitrogens with zero attached hydrogens (tertiary/aromatic N) is 1. The maximum absolute atomic E-state index is 13.7. The number of aromatic nitrogens is 1. The van der Waals surface area contributed by atoms with Gasteiger partial charge in [-0.15, -0.1) is 0 Å². The summed E-state index contributed by atoms with van der Waals surface area (Å²) in [7, 11) is 4.61. The first kappa shape index (κ1) is 22.1. The lowest BCUT2D eigenvalue weighted by Crippen LogP contribution is -2.14. The first-order valence-electron chi connectivity index (χ1n) is 10.2. The number of carbonyl (C=O) groups is 1. The quantitative estimate of drug-likeness (QED) is 0.416. The van der Waals surface area contributed by atoms with Crippen LogP contribution in [0.3, 0.4) is 0 Å². The lowest BCUT2D eigenvalue weighted by atomic mass is 10.0. The number of anilines is 1. The van der Waals surface area contributed by atoms with E-state index in [-0.39, 0.29) is 5.91 Å². The molecule has 0 saturated heterocycles. The average Bonchev–Trinajstić information content (AvgIpc) is 2.84. The Morgan fingerprint density at radius 3 is 2.27 bits per heavy atom. The van der Waals surface area contributed by atoms with Gasteiger partial charge in [0.1, 0.15) is 5.82 Å². The molecule has 4 rings (SSSR count). The fourth-order valence-electron chi connectivity index (χ4n) is 3.66. The second-order valence-corrected chi connectivity index (χ2v) is 7.40. The fraction of sp³-hybridized carbons (Fsp3) is 0.154. The molecule has 0 saturated carbocycles. The van der Waals surface area contributed by atoms with Crippen molar-refractivity contribution in [1.29, 1.82) is 0 Å². The van der Waals surface area contributed by atoms with E-state index in [2.05, 4.69) is 5.32 Å². The molecule has 0 atom stereocenters. The maximum atomic E-state index is 13.7. The molecule has 1 amide bonds. The van der Waals surface area contributed by atoms with Crippen molar-refractivity contribution in [2.24, 2.45) is 0 Å². The molecule has 0 fully saturated rings. The summed E-state index contributed by atoms with van der Waals surface area (Å²) < 4.78 is 30.1. The van der Waals surface area contributed by atoms with Crippen molar-refractivity contribution in [3.05, 3.63) is 77.6 Å². The predicted octanol–water partition coefficient (Wildman–Crippen LogP) is 5.63. The zero-order valence-corrected chi connectivity index (χ0v) is 18.7. The smallest absolute Gasteiger partial charge is 0.256 e. The number of methoxy groups -OCH3 is 3. The molecule has 0 aliphatic heterocycles. The third-order valence-electron chi connectivity index (χ3n) is 5.37. The van der Waals surface area contributed by atoms with Crippen LogP contribution in [0.25, 0.3) is 22.2 Å². The van der Waals surface area contributed by atoms with E-state index in [1.54, 1.807) is 31.2 Å². The number of para-hydroxylation sites is 1. The number of amides is 1. The van der Waals surface area contributed by atoms with Gasteiger partial charge in [-0.25, -0.2) is 9.37 Å². The van der Waals surface area contributed by atoms with Crippen LogP contribution >= 0.6 is 0 Å². The van der Waals surface area contributed by atoms with Crippen molar-refractivity contribution in [1.82, 2.24) is 4.98 Å². The van der Waals surface area contributed by atoms with Gasteiger partial charge in [-0.3, -0.25) is 4.79 Å². The Morgan fingerprint density at radius 2 is 1.61 bits per heavy atom. The number of hydrogen-bond acceptors (Lipinski definition) is 5. The van der Waals surface area contributed by atoms with Gasteiger partial charge in [0.15, 0.2) is 11.5 Å². The molecular formula is C26H23FN2O4. The third-order valence-corrected chi connectivity index (χ3v) is 5.37. The normalized spacial score (nSPS) is 10.7. The molecule has 1 heterocycles. The molecule has 0 radical (unpaired) electrons. The highest BCUT2D eigenvalue weighted by Crippen LogP contribution is 2.41. The molecule has 1 aromatic heterocycles. The zero-order chi connectivity index (χ0) is 23.5. The minimum absolute atomic E-state index is 0.365. The van der Waals surface area contributed by atoms with E-state index in [0.717, 1.165) is 5.56 Å². The summed E-state index contributed by atoms with van der Waals surface area (Å²) in [5.41, 5.74) is 3.46. The van der Waals surface area contributed by atoms with Crippen molar-refractivity contribution in [3.8, 4) is 28.5 Å². The summed E-state index contributed by atoms with van der Waals surface area (Å²) in [6.45, 7) is 1.81. The van der Waals surface area contributed by atoms with Gasteiger partial charge in [-0.05, 0) is 48.9 Å². The number of fused-ring (bicyclic) bond motifs is 1. The van der Waals surface area contributed by atoms with Crippen LogP contribution in [0.2, 0.25) is 0 Å². The Kier molecular flexibility index (Phi) is 6.13. The Balaban J connectivity index is 1.86. The van der Waals surface area contributed by atoms with Crippen LogP contribution in [0.15, 0.2) is 60.7 Å². The van der Waals surface area contributed by atoms with E-state index in [1.807, 2.05) is 24.3 Å². The summed E-state index contributed by atoms with van der Waals surface area (Å²) in [6.07, 6.45) is 0. The molecule has 0 aliphatic carbocycles. The monoisotopic (exact) mass is 446 g/mol. The Hall–Kier alpha value is -4.13. The fourth-order valence-corrected chi connectivity index (χ4v) is 3.66. The molecule has 1 N–H and O–H groups in total. The highest BCUT2D eigenvalue weighted by Gasteiger charge is 2.18. The summed E-state index contributed by atoms with van der Waals surface area (Å²) in [6, 6.07) is 16.9. The highest BCUT2D eigenvalue weighted by atomic mass is 19.1. The van der Waals surface area contributed by atoms with Crippen LogP contribution in [0.4, 0.5) is 10.1 Å². The molecule has 0 aliphatic rings. The largest absolute Gasteiger partial charge is 0.493 e. The van der Waals surface area contributed by atoms with Gasteiger partial charge in [0.2, 0.25) is 5.75 Å². The van der Waals surface area contributed by atoms with Gasteiger partial charge in [-0.1, -0.05) is 24.3 Å². The van der Waals surface area contributed by atoms with E-state index in [9.17, 15) is 9.18 Å². The molecule has 168 valence electrons. The molecule has 3 aromatic carbocycles. The molecule has 4 aromatic rings. The number of aryl methyl sites for hydroxylation is 1. The Labute approximate surface area is 190 Å². The molecule has 33 heavy (non-hydrogen) atoms. The first-order valence-corrected chi connectivity index (χ1v) is 10.2. The van der Waals surface area contributed by atoms with Crippen molar-refractivity contribution < 1.29 is 23.4 Å². The minimum atomic E-state index is -0.423. The number of benzene rings is 3. The SMILES string of the molecule is COc1cc(-c2cc(C(=O)Nc3cc(F)ccc3C)c3ccccc3n2)cc(OC)c1OC. The van der Waals surface area contributed by atoms with Gasteiger partial charge in [-0.2, -0.15) is 0 Å². The molecule has 6 nitrogen and oxygen atoms in total. The molecular weight excluding hydrogens is 423 g/mol. The highest BCUT2D eigenvalue weighted by molar-refractivity contribution is 6.13. The van der Waals surface area contributed by atoms with Crippen molar-refractivity contribution in [2.75, 3.05) is 26.6 Å². The second kappa shape index (κ2) is 9.16. The number of pyridine rings is 1. The molecule has 0 spiro atoms. The minimum Gasteiger partial charge on any atom is -0.493 e. The number of halogens is 1. The number of hydrogen-bond donors (Lipinski definition) is 1. The van der Waals surface area contributed by atoms with Crippen LogP contribution in [-0.2, 0) is 0 Å². The standard InChI is InChI=1S/C26H23FN2O4/c1-15-9-10-17(27)13-21(15)29-26(30)19-14-22(28-20-8-6-5-7-18(19)20)16-11-23(31-2)25(33-4)24(12-16)32-3/h5-14H,1-4H3,(H,29,30). The van der Waals surface area contributed by atoms with Crippen molar-refractivity contribution in [2.45, 2.75) is 6.92 Å². The summed E-state index contributed by atoms with van der Waals surface area (Å²) >= 11 is 0. The number of rotatable bonds is 6. The van der Waals surface area contributed by atoms with Gasteiger partial charge in [0, 0.05) is 16.6 Å². The van der Waals surface area contributed by atoms with Gasteiger partial charge in [0.25, 0.3) is 5.91 Å². The Bertz CT molecular complexity index is 1330. The van der Waals surface area contributed by atoms with Crippen LogP contribution in [0.5, 0.6) is 17.2 Å². The zero-order valence-electron chi connectivity index (χ0n) is 18.7. The van der Waals surface area contributed by atoms with Crippen LogP contribution < -0.4 is 19.5 Å². The first-order chi connectivity index (χ1) is 15.9. The number of nitrogens with one attached hydrogen (secondary N) is 1. The van der Waals surface area contributed by atoms with Gasteiger partial charge < -0.3 is 19.5 Å². The van der Waals surface area contributed by atoms with Crippen LogP contribution in [0, 0.1) is 12.7 Å². The van der Waals surface area contributed by atoms with E-state index in [0.29, 0.717) is 50.7 Å². The van der Waals surface area contributed by atoms with Gasteiger partial charge >= 0.3 is 0 Å². The number of ether oxygens (including phenoxy) is 3. The molecule has 7 heteroatoms. The lowest BCUT2D eigenvalue weighted by molar-refractivity contribution is 0.102. The summed E-state index contributed by atoms with van der Waals surface area (Å²) in [5.74, 6) is 0.625. The topological polar surface area (TPSA) is 69.7 Å². The lowest BCUT2D eigenvalue weighted by Gasteiger charge is -2.15. The average molecular weight is 446 g/mol. The summed E-state index contributed by atoms with van der Waals surface area (Å²) in [4.78, 5) is 18.0. The Morgan fingerprint density at radius 1 is 0.909 bits per heavy atom. The molecule has 0 unspecified atom stereocenters. The second-order valence-electron chi connectivity index (χ2n) is 7.40. The van der Waals surface area contributed by atoms with Crippen LogP contribution in [0.1, 0.15) is 15.9 Å². The van der Waals surface area contributed by atoms with E-state index < -0.39 is 5.82 Å².